The maximum absolute atomic E-state index is 11.7. The number of esters is 1. The summed E-state index contributed by atoms with van der Waals surface area (Å²) in [5.74, 6) is 0.203. The Morgan fingerprint density at radius 1 is 1.41 bits per heavy atom. The monoisotopic (exact) mass is 241 g/mol. The van der Waals surface area contributed by atoms with E-state index >= 15 is 0 Å². The molecule has 1 aromatic rings. The second kappa shape index (κ2) is 5.82. The predicted octanol–water partition coefficient (Wildman–Crippen LogP) is 2.68. The van der Waals surface area contributed by atoms with Crippen molar-refractivity contribution in [3.63, 3.8) is 0 Å². The van der Waals surface area contributed by atoms with Gasteiger partial charge < -0.3 is 13.9 Å². The number of hydrogen-bond donors (Lipinski definition) is 0. The Morgan fingerprint density at radius 2 is 2.06 bits per heavy atom. The zero-order valence-corrected chi connectivity index (χ0v) is 10.9. The van der Waals surface area contributed by atoms with E-state index in [1.165, 1.54) is 0 Å². The van der Waals surface area contributed by atoms with Crippen LogP contribution in [0.5, 0.6) is 0 Å². The molecular weight excluding hydrogens is 222 g/mol. The minimum atomic E-state index is -0.474. The van der Waals surface area contributed by atoms with E-state index in [1.54, 1.807) is 14.0 Å². The van der Waals surface area contributed by atoms with Crippen LogP contribution in [0.2, 0.25) is 0 Å². The molecule has 0 amide bonds. The summed E-state index contributed by atoms with van der Waals surface area (Å²) in [7, 11) is 1.56. The van der Waals surface area contributed by atoms with Crippen LogP contribution in [0.3, 0.4) is 0 Å². The molecule has 1 heterocycles. The third-order valence-electron chi connectivity index (χ3n) is 2.38. The van der Waals surface area contributed by atoms with Crippen LogP contribution >= 0.6 is 0 Å². The fraction of sp³-hybridized carbons (Fsp3) is 0.667. The summed E-state index contributed by atoms with van der Waals surface area (Å²) in [4.78, 5) is 16.0. The first-order valence-corrected chi connectivity index (χ1v) is 5.71. The van der Waals surface area contributed by atoms with E-state index in [-0.39, 0.29) is 17.8 Å². The smallest absolute Gasteiger partial charge is 0.376 e. The van der Waals surface area contributed by atoms with Crippen LogP contribution in [0.1, 0.15) is 61.9 Å². The summed E-state index contributed by atoms with van der Waals surface area (Å²) in [6.45, 7) is 7.77. The summed E-state index contributed by atoms with van der Waals surface area (Å²) < 4.78 is 15.5. The highest BCUT2D eigenvalue weighted by atomic mass is 16.5. The first-order chi connectivity index (χ1) is 8.01. The summed E-state index contributed by atoms with van der Waals surface area (Å²) in [6, 6.07) is 0. The van der Waals surface area contributed by atoms with Crippen LogP contribution in [0.4, 0.5) is 0 Å². The maximum Gasteiger partial charge on any atom is 0.376 e. The minimum absolute atomic E-state index is 0.0935. The molecule has 0 aliphatic carbocycles. The number of aromatic nitrogens is 1. The molecule has 5 heteroatoms. The number of ether oxygens (including phenoxy) is 2. The Bertz CT molecular complexity index is 384. The predicted molar refractivity (Wildman–Crippen MR) is 62.0 cm³/mol. The van der Waals surface area contributed by atoms with Gasteiger partial charge in [0.15, 0.2) is 0 Å². The van der Waals surface area contributed by atoms with Crippen LogP contribution in [0.25, 0.3) is 0 Å². The number of rotatable bonds is 5. The number of carbonyl (C=O) groups excluding carboxylic acids is 1. The van der Waals surface area contributed by atoms with Gasteiger partial charge in [-0.3, -0.25) is 0 Å². The molecule has 96 valence electrons. The van der Waals surface area contributed by atoms with E-state index in [2.05, 4.69) is 4.98 Å². The summed E-state index contributed by atoms with van der Waals surface area (Å²) >= 11 is 0. The first kappa shape index (κ1) is 13.7. The van der Waals surface area contributed by atoms with Crippen molar-refractivity contribution in [2.45, 2.75) is 39.7 Å². The number of carbonyl (C=O) groups is 1. The van der Waals surface area contributed by atoms with Crippen molar-refractivity contribution in [3.8, 4) is 0 Å². The van der Waals surface area contributed by atoms with Gasteiger partial charge in [0.05, 0.1) is 12.3 Å². The Labute approximate surface area is 101 Å². The topological polar surface area (TPSA) is 61.6 Å². The zero-order valence-electron chi connectivity index (χ0n) is 10.9. The number of oxazole rings is 1. The van der Waals surface area contributed by atoms with Crippen LogP contribution < -0.4 is 0 Å². The summed E-state index contributed by atoms with van der Waals surface area (Å²) in [5, 5.41) is 0. The summed E-state index contributed by atoms with van der Waals surface area (Å²) in [5.41, 5.74) is 0.613. The van der Waals surface area contributed by atoms with Crippen LogP contribution in [-0.4, -0.2) is 24.7 Å². The van der Waals surface area contributed by atoms with Crippen molar-refractivity contribution in [2.75, 3.05) is 13.7 Å². The molecule has 1 atom stereocenters. The SMILES string of the molecule is CCOC(=O)c1oc(C(C)OC)nc1C(C)C. The van der Waals surface area contributed by atoms with Crippen molar-refractivity contribution in [2.24, 2.45) is 0 Å². The van der Waals surface area contributed by atoms with Gasteiger partial charge in [-0.05, 0) is 19.8 Å². The average molecular weight is 241 g/mol. The molecule has 17 heavy (non-hydrogen) atoms. The maximum atomic E-state index is 11.7. The molecule has 0 aromatic carbocycles. The molecule has 0 aliphatic heterocycles. The number of hydrogen-bond acceptors (Lipinski definition) is 5. The average Bonchev–Trinajstić information content (AvgIpc) is 2.73. The van der Waals surface area contributed by atoms with Gasteiger partial charge >= 0.3 is 5.97 Å². The highest BCUT2D eigenvalue weighted by Gasteiger charge is 2.25. The second-order valence-corrected chi connectivity index (χ2v) is 4.02. The van der Waals surface area contributed by atoms with Gasteiger partial charge in [-0.2, -0.15) is 0 Å². The number of nitrogens with zero attached hydrogens (tertiary/aromatic N) is 1. The van der Waals surface area contributed by atoms with Gasteiger partial charge in [-0.1, -0.05) is 13.8 Å². The van der Waals surface area contributed by atoms with Gasteiger partial charge in [-0.25, -0.2) is 9.78 Å². The highest BCUT2D eigenvalue weighted by molar-refractivity contribution is 5.87. The number of methoxy groups -OCH3 is 1. The van der Waals surface area contributed by atoms with Gasteiger partial charge in [-0.15, -0.1) is 0 Å². The van der Waals surface area contributed by atoms with Gasteiger partial charge in [0.25, 0.3) is 0 Å². The van der Waals surface area contributed by atoms with E-state index in [4.69, 9.17) is 13.9 Å². The lowest BCUT2D eigenvalue weighted by Crippen LogP contribution is -2.07. The zero-order chi connectivity index (χ0) is 13.0. The van der Waals surface area contributed by atoms with Crippen molar-refractivity contribution < 1.29 is 18.7 Å². The molecule has 1 unspecified atom stereocenters. The second-order valence-electron chi connectivity index (χ2n) is 4.02. The van der Waals surface area contributed by atoms with Crippen molar-refractivity contribution in [1.29, 1.82) is 0 Å². The largest absolute Gasteiger partial charge is 0.460 e. The highest BCUT2D eigenvalue weighted by Crippen LogP contribution is 2.25. The lowest BCUT2D eigenvalue weighted by atomic mass is 10.1. The molecule has 0 bridgehead atoms. The molecule has 5 nitrogen and oxygen atoms in total. The summed E-state index contributed by atoms with van der Waals surface area (Å²) in [6.07, 6.45) is -0.282. The van der Waals surface area contributed by atoms with Crippen LogP contribution in [0.15, 0.2) is 4.42 Å². The van der Waals surface area contributed by atoms with E-state index in [1.807, 2.05) is 20.8 Å². The Kier molecular flexibility index (Phi) is 4.69. The molecule has 1 rings (SSSR count). The van der Waals surface area contributed by atoms with Gasteiger partial charge in [0.2, 0.25) is 11.7 Å². The third kappa shape index (κ3) is 3.06. The van der Waals surface area contributed by atoms with Gasteiger partial charge in [0.1, 0.15) is 6.10 Å². The van der Waals surface area contributed by atoms with E-state index < -0.39 is 5.97 Å². The van der Waals surface area contributed by atoms with Gasteiger partial charge in [0, 0.05) is 7.11 Å². The van der Waals surface area contributed by atoms with Crippen molar-refractivity contribution >= 4 is 5.97 Å². The molecule has 0 radical (unpaired) electrons. The molecule has 0 saturated carbocycles. The lowest BCUT2D eigenvalue weighted by Gasteiger charge is -2.02. The van der Waals surface area contributed by atoms with E-state index in [0.29, 0.717) is 18.2 Å². The van der Waals surface area contributed by atoms with Crippen molar-refractivity contribution in [3.05, 3.63) is 17.3 Å². The standard InChI is InChI=1S/C12H19NO4/c1-6-16-12(14)10-9(7(2)3)13-11(17-10)8(4)15-5/h7-8H,6H2,1-5H3. The van der Waals surface area contributed by atoms with Crippen LogP contribution in [0, 0.1) is 0 Å². The molecular formula is C12H19NO4. The lowest BCUT2D eigenvalue weighted by molar-refractivity contribution is 0.0470. The van der Waals surface area contributed by atoms with Crippen molar-refractivity contribution in [1.82, 2.24) is 4.98 Å². The first-order valence-electron chi connectivity index (χ1n) is 5.71. The molecule has 0 saturated heterocycles. The molecule has 0 spiro atoms. The Hall–Kier alpha value is -1.36. The normalized spacial score (nSPS) is 12.8. The quantitative estimate of drug-likeness (QED) is 0.742. The molecule has 0 N–H and O–H groups in total. The van der Waals surface area contributed by atoms with E-state index in [0.717, 1.165) is 0 Å². The molecule has 1 aromatic heterocycles. The molecule has 0 aliphatic rings. The van der Waals surface area contributed by atoms with E-state index in [9.17, 15) is 4.79 Å². The molecule has 0 fully saturated rings. The van der Waals surface area contributed by atoms with Crippen LogP contribution in [-0.2, 0) is 9.47 Å². The third-order valence-corrected chi connectivity index (χ3v) is 2.38. The minimum Gasteiger partial charge on any atom is -0.460 e. The fourth-order valence-electron chi connectivity index (χ4n) is 1.36. The fourth-order valence-corrected chi connectivity index (χ4v) is 1.36. The Balaban J connectivity index is 3.09. The Morgan fingerprint density at radius 3 is 2.53 bits per heavy atom.